The minimum absolute atomic E-state index is 0.175. The molecule has 0 amide bonds. The summed E-state index contributed by atoms with van der Waals surface area (Å²) in [5.41, 5.74) is 0. The van der Waals surface area contributed by atoms with Crippen molar-refractivity contribution in [1.82, 2.24) is 0 Å². The molecular formula is C43H7B2P. The van der Waals surface area contributed by atoms with Gasteiger partial charge in [-0.1, -0.05) is 5.92 Å². The van der Waals surface area contributed by atoms with Crippen molar-refractivity contribution in [3.63, 3.8) is 0 Å². The van der Waals surface area contributed by atoms with Gasteiger partial charge in [-0.25, -0.2) is 0 Å². The maximum Gasteiger partial charge on any atom is 0.125 e. The molecule has 0 nitrogen and oxygen atoms in total. The van der Waals surface area contributed by atoms with Gasteiger partial charge in [-0.15, -0.1) is 15.6 Å². The van der Waals surface area contributed by atoms with E-state index in [-0.39, 0.29) is 4.95 Å². The Labute approximate surface area is 279 Å². The summed E-state index contributed by atoms with van der Waals surface area (Å²) in [6.45, 7) is 0. The van der Waals surface area contributed by atoms with Crippen molar-refractivity contribution >= 4 is 24.9 Å². The highest BCUT2D eigenvalue weighted by Gasteiger charge is 2.03. The predicted molar refractivity (Wildman–Crippen MR) is 194 cm³/mol. The molecule has 0 N–H and O–H groups in total. The van der Waals surface area contributed by atoms with Crippen LogP contribution in [0.1, 0.15) is 1.37 Å². The zero-order valence-electron chi connectivity index (χ0n) is 25.1. The van der Waals surface area contributed by atoms with Gasteiger partial charge in [0.15, 0.2) is 0 Å². The molecule has 0 bridgehead atoms. The molecule has 0 aromatic carbocycles. The minimum atomic E-state index is -0.175. The maximum atomic E-state index is 6.56. The molecule has 0 rings (SSSR count). The Hall–Kier alpha value is -8.68. The molecule has 0 spiro atoms. The van der Waals surface area contributed by atoms with Crippen LogP contribution >= 0.6 is 9.24 Å². The van der Waals surface area contributed by atoms with Gasteiger partial charge in [0.05, 0.1) is 0 Å². The molecule has 0 aliphatic heterocycles. The monoisotopic (exact) mass is 577 g/mol. The Bertz CT molecular complexity index is 2680. The van der Waals surface area contributed by atoms with E-state index in [1.807, 2.05) is 22.1 Å². The van der Waals surface area contributed by atoms with Crippen molar-refractivity contribution in [2.24, 2.45) is 0 Å². The van der Waals surface area contributed by atoms with E-state index in [4.69, 9.17) is 1.37 Å². The lowest BCUT2D eigenvalue weighted by Gasteiger charge is -2.04. The first-order valence-corrected chi connectivity index (χ1v) is 12.4. The van der Waals surface area contributed by atoms with E-state index in [2.05, 4.69) is 252 Å². The van der Waals surface area contributed by atoms with E-state index in [1.165, 1.54) is 0 Å². The van der Waals surface area contributed by atoms with E-state index in [1.54, 1.807) is 0 Å². The summed E-state index contributed by atoms with van der Waals surface area (Å²) in [6, 6.07) is 0. The first-order valence-electron chi connectivity index (χ1n) is 12.3. The molecule has 190 valence electrons. The third kappa shape index (κ3) is 35.3. The van der Waals surface area contributed by atoms with Crippen molar-refractivity contribution in [2.45, 2.75) is 4.95 Å². The molecule has 3 heteroatoms. The van der Waals surface area contributed by atoms with Crippen LogP contribution < -0.4 is 0 Å². The SMILES string of the molecule is [2H]C#CC#CC#CC#CC#CC#CC#CC#CC#CC#CC#CC#CC#CC#CC#CC#CC#CC#CC#CC#CC#CC(B)(B)P. The highest BCUT2D eigenvalue weighted by Crippen LogP contribution is 2.04. The maximum absolute atomic E-state index is 6.56. The third-order valence-corrected chi connectivity index (χ3v) is 2.97. The number of terminal acetylenes is 1. The van der Waals surface area contributed by atoms with Crippen LogP contribution in [0.15, 0.2) is 0 Å². The van der Waals surface area contributed by atoms with Crippen molar-refractivity contribution in [1.29, 1.82) is 0 Å². The third-order valence-electron chi connectivity index (χ3n) is 2.82. The summed E-state index contributed by atoms with van der Waals surface area (Å²) < 4.78 is 6.56. The van der Waals surface area contributed by atoms with E-state index in [0.29, 0.717) is 0 Å². The van der Waals surface area contributed by atoms with Gasteiger partial charge in [-0.3, -0.25) is 0 Å². The predicted octanol–water partition coefficient (Wildman–Crippen LogP) is -1.52. The molecule has 0 saturated carbocycles. The van der Waals surface area contributed by atoms with E-state index < -0.39 is 0 Å². The fourth-order valence-electron chi connectivity index (χ4n) is 1.38. The summed E-state index contributed by atoms with van der Waals surface area (Å²) in [7, 11) is 6.54. The quantitative estimate of drug-likeness (QED) is 0.187. The smallest absolute Gasteiger partial charge is 0.125 e. The van der Waals surface area contributed by atoms with Crippen LogP contribution in [0.25, 0.3) is 0 Å². The highest BCUT2D eigenvalue weighted by molar-refractivity contribution is 7.27. The van der Waals surface area contributed by atoms with Gasteiger partial charge in [0, 0.05) is 142 Å². The molecule has 0 fully saturated rings. The Morgan fingerprint density at radius 1 is 0.304 bits per heavy atom. The van der Waals surface area contributed by atoms with Crippen LogP contribution in [0, 0.1) is 249 Å². The average Bonchev–Trinajstić information content (AvgIpc) is 3.05. The van der Waals surface area contributed by atoms with Crippen LogP contribution in [0.5, 0.6) is 0 Å². The van der Waals surface area contributed by atoms with Gasteiger partial charge in [0.2, 0.25) is 0 Å². The van der Waals surface area contributed by atoms with Crippen LogP contribution in [0.3, 0.4) is 0 Å². The van der Waals surface area contributed by atoms with Crippen molar-refractivity contribution in [3.05, 3.63) is 0 Å². The summed E-state index contributed by atoms with van der Waals surface area (Å²) in [6.07, 6.45) is 1.88. The van der Waals surface area contributed by atoms with Crippen LogP contribution in [0.2, 0.25) is 0 Å². The summed E-state index contributed by atoms with van der Waals surface area (Å²) in [5.74, 6) is 103. The van der Waals surface area contributed by atoms with Crippen molar-refractivity contribution in [3.8, 4) is 249 Å². The molecule has 0 heterocycles. The van der Waals surface area contributed by atoms with Crippen molar-refractivity contribution < 1.29 is 1.37 Å². The van der Waals surface area contributed by atoms with Gasteiger partial charge < -0.3 is 0 Å². The second kappa shape index (κ2) is 30.9. The second-order valence-corrected chi connectivity index (χ2v) is 8.29. The molecule has 0 radical (unpaired) electrons. The average molecular weight is 577 g/mol. The molecule has 0 aliphatic carbocycles. The summed E-state index contributed by atoms with van der Waals surface area (Å²) in [5, 5.41) is 0. The van der Waals surface area contributed by atoms with Crippen LogP contribution in [-0.4, -0.2) is 20.6 Å². The normalized spacial score (nSPS) is 4.93. The highest BCUT2D eigenvalue weighted by atomic mass is 31.0. The summed E-state index contributed by atoms with van der Waals surface area (Å²) in [4.78, 5) is -0.175. The number of rotatable bonds is 0. The van der Waals surface area contributed by atoms with E-state index in [9.17, 15) is 0 Å². The molecule has 1 atom stereocenters. The van der Waals surface area contributed by atoms with E-state index in [0.717, 1.165) is 0 Å². The minimum Gasteiger partial charge on any atom is -0.136 e. The summed E-state index contributed by atoms with van der Waals surface area (Å²) >= 11 is 0. The van der Waals surface area contributed by atoms with Gasteiger partial charge in [0.1, 0.15) is 17.1 Å². The Kier molecular flexibility index (Phi) is 23.7. The fraction of sp³-hybridized carbons (Fsp3) is 0.0233. The zero-order chi connectivity index (χ0) is 34.2. The Morgan fingerprint density at radius 2 is 0.457 bits per heavy atom. The van der Waals surface area contributed by atoms with Gasteiger partial charge in [-0.05, 0) is 99.7 Å². The van der Waals surface area contributed by atoms with E-state index >= 15 is 0 Å². The number of hydrogen-bond donors (Lipinski definition) is 0. The Morgan fingerprint density at radius 3 is 0.609 bits per heavy atom. The standard InChI is InChI=1S/C43H7B2P/c1-2-3-4-5-6-7-8-9-10-11-12-13-14-15-16-17-18-19-20-21-22-23-24-25-26-27-28-29-30-31-32-33-34-35-36-37-38-39-40-41-42-43(44,45)46/h1H,44-46H2/i1D. The molecule has 0 aromatic rings. The first-order chi connectivity index (χ1) is 23.1. The van der Waals surface area contributed by atoms with Crippen molar-refractivity contribution in [2.75, 3.05) is 0 Å². The second-order valence-electron chi connectivity index (χ2n) is 6.85. The topological polar surface area (TPSA) is 0 Å². The molecule has 0 aromatic heterocycles. The fourth-order valence-corrected chi connectivity index (χ4v) is 1.45. The van der Waals surface area contributed by atoms with Gasteiger partial charge in [0.25, 0.3) is 0 Å². The van der Waals surface area contributed by atoms with Gasteiger partial charge in [-0.2, -0.15) is 0 Å². The Balaban J connectivity index is 4.56. The largest absolute Gasteiger partial charge is 0.136 e. The molecule has 0 aliphatic rings. The number of hydrogen-bond acceptors (Lipinski definition) is 0. The molecular weight excluding hydrogens is 569 g/mol. The molecule has 0 saturated heterocycles. The lowest BCUT2D eigenvalue weighted by molar-refractivity contribution is 1.59. The van der Waals surface area contributed by atoms with Gasteiger partial charge >= 0.3 is 0 Å². The van der Waals surface area contributed by atoms with Crippen LogP contribution in [-0.2, 0) is 0 Å². The first kappa shape index (κ1) is 35.3. The molecule has 1 unspecified atom stereocenters. The lowest BCUT2D eigenvalue weighted by atomic mass is 9.70. The molecule has 46 heavy (non-hydrogen) atoms. The van der Waals surface area contributed by atoms with Crippen LogP contribution in [0.4, 0.5) is 0 Å². The zero-order valence-corrected chi connectivity index (χ0v) is 25.2. The lowest BCUT2D eigenvalue weighted by Crippen LogP contribution is -2.16.